The molecule has 0 amide bonds. The van der Waals surface area contributed by atoms with Gasteiger partial charge in [0, 0.05) is 11.4 Å². The highest BCUT2D eigenvalue weighted by molar-refractivity contribution is 6.22. The predicted molar refractivity (Wildman–Crippen MR) is 51.9 cm³/mol. The van der Waals surface area contributed by atoms with Crippen molar-refractivity contribution >= 4 is 23.0 Å². The number of alkyl halides is 1. The van der Waals surface area contributed by atoms with Crippen LogP contribution in [0.3, 0.4) is 0 Å². The number of halogens is 1. The molecule has 0 radical (unpaired) electrons. The first-order valence-electron chi connectivity index (χ1n) is 3.73. The van der Waals surface area contributed by atoms with Gasteiger partial charge >= 0.3 is 0 Å². The SMILES string of the molecule is CC(C)(O)Cl.c1cc2cc(c1)N2. The number of rotatable bonds is 0. The summed E-state index contributed by atoms with van der Waals surface area (Å²) < 4.78 is 0. The molecule has 0 atom stereocenters. The van der Waals surface area contributed by atoms with Gasteiger partial charge in [-0.1, -0.05) is 17.7 Å². The van der Waals surface area contributed by atoms with Gasteiger partial charge in [0.2, 0.25) is 0 Å². The lowest BCUT2D eigenvalue weighted by Crippen LogP contribution is -2.05. The average molecular weight is 186 g/mol. The first-order valence-corrected chi connectivity index (χ1v) is 4.11. The van der Waals surface area contributed by atoms with Crippen molar-refractivity contribution in [3.8, 4) is 0 Å². The molecule has 3 heteroatoms. The molecule has 1 aromatic rings. The molecule has 0 aromatic heterocycles. The number of hydrogen-bond donors (Lipinski definition) is 2. The van der Waals surface area contributed by atoms with Crippen molar-refractivity contribution in [1.82, 2.24) is 0 Å². The molecule has 3 rings (SSSR count). The summed E-state index contributed by atoms with van der Waals surface area (Å²) in [7, 11) is 0. The Morgan fingerprint density at radius 1 is 1.33 bits per heavy atom. The van der Waals surface area contributed by atoms with E-state index in [2.05, 4.69) is 11.4 Å². The number of benzene rings is 1. The highest BCUT2D eigenvalue weighted by atomic mass is 35.5. The van der Waals surface area contributed by atoms with E-state index in [-0.39, 0.29) is 0 Å². The Labute approximate surface area is 77.2 Å². The van der Waals surface area contributed by atoms with E-state index < -0.39 is 5.06 Å². The third-order valence-electron chi connectivity index (χ3n) is 1.15. The number of anilines is 2. The topological polar surface area (TPSA) is 32.3 Å². The zero-order chi connectivity index (χ0) is 9.19. The largest absolute Gasteiger partial charge is 0.376 e. The van der Waals surface area contributed by atoms with Crippen LogP contribution in [0.5, 0.6) is 0 Å². The minimum atomic E-state index is -1.03. The van der Waals surface area contributed by atoms with Gasteiger partial charge in [-0.25, -0.2) is 0 Å². The van der Waals surface area contributed by atoms with Gasteiger partial charge in [0.15, 0.2) is 0 Å². The molecule has 2 aliphatic rings. The van der Waals surface area contributed by atoms with Crippen molar-refractivity contribution in [3.05, 3.63) is 24.3 Å². The maximum atomic E-state index is 8.29. The molecular formula is C9H12ClNO. The maximum absolute atomic E-state index is 8.29. The monoisotopic (exact) mass is 185 g/mol. The van der Waals surface area contributed by atoms with E-state index in [1.54, 1.807) is 0 Å². The highest BCUT2D eigenvalue weighted by Crippen LogP contribution is 2.27. The standard InChI is InChI=1S/C6H5N.C3H7ClO/c1-2-5-4-6(3-1)7-5;1-3(2,4)5/h1-4,7H;5H,1-2H3. The van der Waals surface area contributed by atoms with Crippen LogP contribution in [0.15, 0.2) is 24.3 Å². The lowest BCUT2D eigenvalue weighted by atomic mass is 10.2. The molecule has 0 aliphatic carbocycles. The van der Waals surface area contributed by atoms with Gasteiger partial charge in [0.05, 0.1) is 0 Å². The van der Waals surface area contributed by atoms with Crippen LogP contribution in [0.1, 0.15) is 13.8 Å². The second kappa shape index (κ2) is 3.33. The minimum absolute atomic E-state index is 1.03. The number of hydrogen-bond acceptors (Lipinski definition) is 2. The highest BCUT2D eigenvalue weighted by Gasteiger charge is 2.02. The Kier molecular flexibility index (Phi) is 2.60. The van der Waals surface area contributed by atoms with Crippen LogP contribution < -0.4 is 5.32 Å². The van der Waals surface area contributed by atoms with Crippen molar-refractivity contribution in [1.29, 1.82) is 0 Å². The average Bonchev–Trinajstić information content (AvgIpc) is 1.83. The van der Waals surface area contributed by atoms with Crippen LogP contribution in [0.25, 0.3) is 0 Å². The molecule has 2 bridgehead atoms. The lowest BCUT2D eigenvalue weighted by molar-refractivity contribution is 0.171. The fourth-order valence-electron chi connectivity index (χ4n) is 0.764. The second-order valence-corrected chi connectivity index (χ2v) is 4.04. The molecule has 2 N–H and O–H groups in total. The Balaban J connectivity index is 0.000000130. The Morgan fingerprint density at radius 2 is 1.67 bits per heavy atom. The molecule has 1 aromatic carbocycles. The van der Waals surface area contributed by atoms with E-state index in [0.29, 0.717) is 0 Å². The van der Waals surface area contributed by atoms with Crippen molar-refractivity contribution in [2.45, 2.75) is 18.9 Å². The van der Waals surface area contributed by atoms with Crippen LogP contribution in [0.4, 0.5) is 11.4 Å². The van der Waals surface area contributed by atoms with Gasteiger partial charge < -0.3 is 10.4 Å². The number of aliphatic hydroxyl groups is 1. The maximum Gasteiger partial charge on any atom is 0.133 e. The first kappa shape index (κ1) is 9.36. The van der Waals surface area contributed by atoms with E-state index in [9.17, 15) is 0 Å². The summed E-state index contributed by atoms with van der Waals surface area (Å²) in [5.41, 5.74) is 2.47. The summed E-state index contributed by atoms with van der Waals surface area (Å²) >= 11 is 5.09. The van der Waals surface area contributed by atoms with E-state index in [1.807, 2.05) is 18.2 Å². The quantitative estimate of drug-likeness (QED) is 0.619. The van der Waals surface area contributed by atoms with Gasteiger partial charge in [0.1, 0.15) is 5.06 Å². The van der Waals surface area contributed by atoms with Gasteiger partial charge in [-0.3, -0.25) is 0 Å². The third kappa shape index (κ3) is 3.60. The zero-order valence-corrected chi connectivity index (χ0v) is 7.89. The van der Waals surface area contributed by atoms with Crippen molar-refractivity contribution in [2.24, 2.45) is 0 Å². The summed E-state index contributed by atoms with van der Waals surface area (Å²) in [5.74, 6) is 0. The van der Waals surface area contributed by atoms with Crippen molar-refractivity contribution < 1.29 is 5.11 Å². The van der Waals surface area contributed by atoms with E-state index in [1.165, 1.54) is 25.2 Å². The Hall–Kier alpha value is -0.730. The van der Waals surface area contributed by atoms with Crippen LogP contribution >= 0.6 is 11.6 Å². The van der Waals surface area contributed by atoms with Gasteiger partial charge in [-0.05, 0) is 32.0 Å². The molecular weight excluding hydrogens is 174 g/mol. The van der Waals surface area contributed by atoms with Gasteiger partial charge in [0.25, 0.3) is 0 Å². The van der Waals surface area contributed by atoms with Gasteiger partial charge in [-0.15, -0.1) is 0 Å². The molecule has 0 fully saturated rings. The second-order valence-electron chi connectivity index (χ2n) is 3.12. The molecule has 12 heavy (non-hydrogen) atoms. The summed E-state index contributed by atoms with van der Waals surface area (Å²) in [6.07, 6.45) is 0. The normalized spacial score (nSPS) is 12.0. The number of nitrogens with one attached hydrogen (secondary N) is 1. The Bertz CT molecular complexity index is 237. The lowest BCUT2D eigenvalue weighted by Gasteiger charge is -2.15. The Morgan fingerprint density at radius 3 is 1.75 bits per heavy atom. The summed E-state index contributed by atoms with van der Waals surface area (Å²) in [6.45, 7) is 3.02. The molecule has 2 aliphatic heterocycles. The third-order valence-corrected chi connectivity index (χ3v) is 1.15. The summed E-state index contributed by atoms with van der Waals surface area (Å²) in [4.78, 5) is 0. The minimum Gasteiger partial charge on any atom is -0.376 e. The molecule has 66 valence electrons. The molecule has 0 saturated heterocycles. The molecule has 0 saturated carbocycles. The zero-order valence-electron chi connectivity index (χ0n) is 7.13. The fraction of sp³-hybridized carbons (Fsp3) is 0.333. The van der Waals surface area contributed by atoms with Crippen LogP contribution in [-0.4, -0.2) is 10.2 Å². The van der Waals surface area contributed by atoms with Crippen LogP contribution in [-0.2, 0) is 0 Å². The van der Waals surface area contributed by atoms with E-state index in [0.717, 1.165) is 0 Å². The van der Waals surface area contributed by atoms with Crippen LogP contribution in [0, 0.1) is 0 Å². The molecule has 2 nitrogen and oxygen atoms in total. The summed E-state index contributed by atoms with van der Waals surface area (Å²) in [5, 5.41) is 10.4. The van der Waals surface area contributed by atoms with Crippen LogP contribution in [0.2, 0.25) is 0 Å². The molecule has 0 unspecified atom stereocenters. The summed E-state index contributed by atoms with van der Waals surface area (Å²) in [6, 6.07) is 8.25. The molecule has 0 spiro atoms. The van der Waals surface area contributed by atoms with E-state index >= 15 is 0 Å². The predicted octanol–water partition coefficient (Wildman–Crippen LogP) is 2.70. The van der Waals surface area contributed by atoms with Gasteiger partial charge in [-0.2, -0.15) is 0 Å². The van der Waals surface area contributed by atoms with E-state index in [4.69, 9.17) is 16.7 Å². The number of fused-ring (bicyclic) bond motifs is 2. The first-order chi connectivity index (χ1) is 5.45. The smallest absolute Gasteiger partial charge is 0.133 e. The molecule has 2 heterocycles. The fourth-order valence-corrected chi connectivity index (χ4v) is 0.764. The van der Waals surface area contributed by atoms with Crippen molar-refractivity contribution in [3.63, 3.8) is 0 Å². The van der Waals surface area contributed by atoms with Crippen molar-refractivity contribution in [2.75, 3.05) is 5.32 Å².